The Morgan fingerprint density at radius 3 is 2.59 bits per heavy atom. The van der Waals surface area contributed by atoms with Gasteiger partial charge in [-0.3, -0.25) is 4.79 Å². The van der Waals surface area contributed by atoms with Crippen molar-refractivity contribution in [1.82, 2.24) is 9.21 Å². The van der Waals surface area contributed by atoms with Crippen molar-refractivity contribution < 1.29 is 17.9 Å². The molecule has 7 heteroatoms. The molecule has 0 aliphatic carbocycles. The highest BCUT2D eigenvalue weighted by molar-refractivity contribution is 7.89. The third-order valence-electron chi connectivity index (χ3n) is 4.16. The molecule has 0 saturated carbocycles. The Kier molecular flexibility index (Phi) is 4.77. The van der Waals surface area contributed by atoms with Crippen molar-refractivity contribution in [1.29, 1.82) is 0 Å². The standard InChI is InChI=1S/C15H22N2O4S/c1-11-9-13(21-4)6-7-14(11)22(19,20)17(3)12-5-8-15(18)16(2)10-12/h6-7,9,12H,5,8,10H2,1-4H3/t12-/m1/s1. The molecule has 1 aliphatic rings. The Morgan fingerprint density at radius 2 is 2.05 bits per heavy atom. The summed E-state index contributed by atoms with van der Waals surface area (Å²) in [6, 6.07) is 4.72. The van der Waals surface area contributed by atoms with Gasteiger partial charge in [-0.25, -0.2) is 8.42 Å². The molecule has 22 heavy (non-hydrogen) atoms. The van der Waals surface area contributed by atoms with Crippen LogP contribution in [0.2, 0.25) is 0 Å². The molecule has 1 aliphatic heterocycles. The minimum Gasteiger partial charge on any atom is -0.497 e. The number of rotatable bonds is 4. The van der Waals surface area contributed by atoms with Crippen LogP contribution in [0.25, 0.3) is 0 Å². The van der Waals surface area contributed by atoms with Crippen LogP contribution in [0, 0.1) is 6.92 Å². The molecule has 1 fully saturated rings. The molecule has 6 nitrogen and oxygen atoms in total. The Bertz CT molecular complexity index is 672. The number of piperidine rings is 1. The number of nitrogens with zero attached hydrogens (tertiary/aromatic N) is 2. The maximum Gasteiger partial charge on any atom is 0.243 e. The highest BCUT2D eigenvalue weighted by atomic mass is 32.2. The van der Waals surface area contributed by atoms with Crippen molar-refractivity contribution in [3.05, 3.63) is 23.8 Å². The summed E-state index contributed by atoms with van der Waals surface area (Å²) >= 11 is 0. The molecule has 2 rings (SSSR count). The van der Waals surface area contributed by atoms with Gasteiger partial charge in [0.1, 0.15) is 5.75 Å². The monoisotopic (exact) mass is 326 g/mol. The number of carbonyl (C=O) groups excluding carboxylic acids is 1. The van der Waals surface area contributed by atoms with Gasteiger partial charge in [-0.05, 0) is 37.1 Å². The molecule has 0 spiro atoms. The van der Waals surface area contributed by atoms with Gasteiger partial charge in [0.25, 0.3) is 0 Å². The molecular weight excluding hydrogens is 304 g/mol. The van der Waals surface area contributed by atoms with E-state index in [1.54, 1.807) is 51.2 Å². The van der Waals surface area contributed by atoms with Crippen LogP contribution in [-0.4, -0.2) is 57.3 Å². The molecule has 1 heterocycles. The summed E-state index contributed by atoms with van der Waals surface area (Å²) in [5.74, 6) is 0.685. The fourth-order valence-electron chi connectivity index (χ4n) is 2.68. The summed E-state index contributed by atoms with van der Waals surface area (Å²) in [6.07, 6.45) is 0.927. The van der Waals surface area contributed by atoms with Crippen molar-refractivity contribution in [2.45, 2.75) is 30.7 Å². The first-order valence-corrected chi connectivity index (χ1v) is 8.58. The third kappa shape index (κ3) is 3.10. The maximum absolute atomic E-state index is 12.8. The van der Waals surface area contributed by atoms with Crippen molar-refractivity contribution in [3.8, 4) is 5.75 Å². The highest BCUT2D eigenvalue weighted by Crippen LogP contribution is 2.26. The molecule has 0 N–H and O–H groups in total. The zero-order valence-electron chi connectivity index (χ0n) is 13.4. The predicted molar refractivity (Wildman–Crippen MR) is 83.3 cm³/mol. The topological polar surface area (TPSA) is 66.9 Å². The number of aryl methyl sites for hydroxylation is 1. The molecular formula is C15H22N2O4S. The predicted octanol–water partition coefficient (Wildman–Crippen LogP) is 1.24. The lowest BCUT2D eigenvalue weighted by Crippen LogP contribution is -2.49. The minimum absolute atomic E-state index is 0.0580. The average molecular weight is 326 g/mol. The number of hydrogen-bond donors (Lipinski definition) is 0. The van der Waals surface area contributed by atoms with E-state index in [9.17, 15) is 13.2 Å². The summed E-state index contributed by atoms with van der Waals surface area (Å²) < 4.78 is 32.1. The van der Waals surface area contributed by atoms with E-state index in [-0.39, 0.29) is 16.8 Å². The number of sulfonamides is 1. The van der Waals surface area contributed by atoms with Crippen LogP contribution in [0.1, 0.15) is 18.4 Å². The molecule has 0 aromatic heterocycles. The van der Waals surface area contributed by atoms with Crippen LogP contribution in [0.3, 0.4) is 0 Å². The lowest BCUT2D eigenvalue weighted by molar-refractivity contribution is -0.133. The Morgan fingerprint density at radius 1 is 1.36 bits per heavy atom. The average Bonchev–Trinajstić information content (AvgIpc) is 2.48. The van der Waals surface area contributed by atoms with E-state index in [1.807, 2.05) is 0 Å². The van der Waals surface area contributed by atoms with Gasteiger partial charge >= 0.3 is 0 Å². The van der Waals surface area contributed by atoms with Gasteiger partial charge in [-0.15, -0.1) is 0 Å². The number of ether oxygens (including phenoxy) is 1. The van der Waals surface area contributed by atoms with Crippen LogP contribution >= 0.6 is 0 Å². The third-order valence-corrected chi connectivity index (χ3v) is 6.23. The summed E-state index contributed by atoms with van der Waals surface area (Å²) in [5, 5.41) is 0. The van der Waals surface area contributed by atoms with Gasteiger partial charge in [0, 0.05) is 33.1 Å². The lowest BCUT2D eigenvalue weighted by Gasteiger charge is -2.35. The van der Waals surface area contributed by atoms with Crippen molar-refractivity contribution >= 4 is 15.9 Å². The van der Waals surface area contributed by atoms with Gasteiger partial charge in [0.05, 0.1) is 12.0 Å². The molecule has 1 atom stereocenters. The molecule has 1 amide bonds. The van der Waals surface area contributed by atoms with E-state index in [4.69, 9.17) is 4.74 Å². The fourth-order valence-corrected chi connectivity index (χ4v) is 4.26. The first kappa shape index (κ1) is 16.8. The van der Waals surface area contributed by atoms with Crippen LogP contribution < -0.4 is 4.74 Å². The second-order valence-electron chi connectivity index (χ2n) is 5.62. The van der Waals surface area contributed by atoms with E-state index in [0.29, 0.717) is 30.7 Å². The van der Waals surface area contributed by atoms with Crippen LogP contribution in [0.15, 0.2) is 23.1 Å². The van der Waals surface area contributed by atoms with Crippen molar-refractivity contribution in [2.24, 2.45) is 0 Å². The number of amides is 1. The number of likely N-dealkylation sites (N-methyl/N-ethyl adjacent to an activating group) is 2. The Labute approximate surface area is 131 Å². The normalized spacial score (nSPS) is 19.6. The van der Waals surface area contributed by atoms with Gasteiger partial charge in [0.15, 0.2) is 0 Å². The second-order valence-corrected chi connectivity index (χ2v) is 7.59. The van der Waals surface area contributed by atoms with Crippen LogP contribution in [0.5, 0.6) is 5.75 Å². The van der Waals surface area contributed by atoms with E-state index >= 15 is 0 Å². The van der Waals surface area contributed by atoms with Crippen LogP contribution in [-0.2, 0) is 14.8 Å². The van der Waals surface area contributed by atoms with Gasteiger partial charge in [-0.1, -0.05) is 0 Å². The van der Waals surface area contributed by atoms with Gasteiger partial charge in [-0.2, -0.15) is 4.31 Å². The van der Waals surface area contributed by atoms with E-state index in [0.717, 1.165) is 0 Å². The quantitative estimate of drug-likeness (QED) is 0.835. The smallest absolute Gasteiger partial charge is 0.243 e. The zero-order valence-corrected chi connectivity index (χ0v) is 14.2. The molecule has 0 bridgehead atoms. The van der Waals surface area contributed by atoms with Crippen molar-refractivity contribution in [3.63, 3.8) is 0 Å². The molecule has 0 radical (unpaired) electrons. The first-order valence-electron chi connectivity index (χ1n) is 7.14. The summed E-state index contributed by atoms with van der Waals surface area (Å²) in [5.41, 5.74) is 0.645. The molecule has 1 aromatic rings. The van der Waals surface area contributed by atoms with E-state index in [1.165, 1.54) is 4.31 Å². The minimum atomic E-state index is -3.60. The summed E-state index contributed by atoms with van der Waals surface area (Å²) in [4.78, 5) is 13.4. The van der Waals surface area contributed by atoms with E-state index in [2.05, 4.69) is 0 Å². The van der Waals surface area contributed by atoms with E-state index < -0.39 is 10.0 Å². The fraction of sp³-hybridized carbons (Fsp3) is 0.533. The SMILES string of the molecule is COc1ccc(S(=O)(=O)N(C)[C@@H]2CCC(=O)N(C)C2)c(C)c1. The Hall–Kier alpha value is -1.60. The number of methoxy groups -OCH3 is 1. The van der Waals surface area contributed by atoms with Crippen LogP contribution in [0.4, 0.5) is 0 Å². The number of likely N-dealkylation sites (tertiary alicyclic amines) is 1. The Balaban J connectivity index is 2.28. The zero-order chi connectivity index (χ0) is 16.5. The second kappa shape index (κ2) is 6.26. The number of benzene rings is 1. The highest BCUT2D eigenvalue weighted by Gasteiger charge is 2.33. The number of carbonyl (C=O) groups is 1. The summed E-state index contributed by atoms with van der Waals surface area (Å²) in [6.45, 7) is 2.17. The van der Waals surface area contributed by atoms with Crippen molar-refractivity contribution in [2.75, 3.05) is 27.7 Å². The maximum atomic E-state index is 12.8. The van der Waals surface area contributed by atoms with Gasteiger partial charge < -0.3 is 9.64 Å². The molecule has 1 saturated heterocycles. The molecule has 1 aromatic carbocycles. The number of hydrogen-bond acceptors (Lipinski definition) is 4. The largest absolute Gasteiger partial charge is 0.497 e. The van der Waals surface area contributed by atoms with Gasteiger partial charge in [0.2, 0.25) is 15.9 Å². The lowest BCUT2D eigenvalue weighted by atomic mass is 10.1. The summed E-state index contributed by atoms with van der Waals surface area (Å²) in [7, 11) is 1.23. The molecule has 122 valence electrons. The first-order chi connectivity index (χ1) is 10.3. The molecule has 0 unspecified atom stereocenters.